The number of nitrogens with zero attached hydrogens (tertiary/aromatic N) is 4. The van der Waals surface area contributed by atoms with Gasteiger partial charge in [-0.15, -0.1) is 0 Å². The zero-order valence-corrected chi connectivity index (χ0v) is 18.2. The summed E-state index contributed by atoms with van der Waals surface area (Å²) in [7, 11) is 3.94. The Balaban J connectivity index is 1.72. The lowest BCUT2D eigenvalue weighted by atomic mass is 10.1. The number of hydrogen-bond donors (Lipinski definition) is 1. The van der Waals surface area contributed by atoms with Gasteiger partial charge in [-0.05, 0) is 51.2 Å². The third-order valence-electron chi connectivity index (χ3n) is 5.13. The van der Waals surface area contributed by atoms with Crippen molar-refractivity contribution in [3.8, 4) is 0 Å². The van der Waals surface area contributed by atoms with Crippen LogP contribution in [0.4, 0.5) is 5.69 Å². The first kappa shape index (κ1) is 22.2. The average Bonchev–Trinajstić information content (AvgIpc) is 3.01. The van der Waals surface area contributed by atoms with Crippen molar-refractivity contribution < 1.29 is 9.72 Å². The number of aryl methyl sites for hydroxylation is 1. The van der Waals surface area contributed by atoms with E-state index >= 15 is 0 Å². The predicted octanol–water partition coefficient (Wildman–Crippen LogP) is 3.49. The molecule has 1 atom stereocenters. The largest absolute Gasteiger partial charge is 0.344 e. The Kier molecular flexibility index (Phi) is 6.81. The first-order valence-corrected chi connectivity index (χ1v) is 10.0. The van der Waals surface area contributed by atoms with E-state index in [2.05, 4.69) is 10.4 Å². The molecule has 2 aromatic carbocycles. The van der Waals surface area contributed by atoms with Crippen LogP contribution in [0.1, 0.15) is 38.9 Å². The van der Waals surface area contributed by atoms with Gasteiger partial charge >= 0.3 is 5.69 Å². The average molecular weight is 422 g/mol. The third kappa shape index (κ3) is 5.35. The maximum absolute atomic E-state index is 12.8. The molecular formula is C23H27N5O3. The maximum atomic E-state index is 12.8. The Labute approximate surface area is 181 Å². The van der Waals surface area contributed by atoms with E-state index in [0.717, 1.165) is 11.1 Å². The monoisotopic (exact) mass is 421 g/mol. The second-order valence-corrected chi connectivity index (χ2v) is 7.83. The molecule has 0 unspecified atom stereocenters. The van der Waals surface area contributed by atoms with Gasteiger partial charge in [-0.25, -0.2) is 0 Å². The molecule has 0 radical (unpaired) electrons. The summed E-state index contributed by atoms with van der Waals surface area (Å²) in [4.78, 5) is 25.7. The van der Waals surface area contributed by atoms with Crippen molar-refractivity contribution in [2.24, 2.45) is 0 Å². The first-order chi connectivity index (χ1) is 14.8. The number of hydrogen-bond acceptors (Lipinski definition) is 5. The highest BCUT2D eigenvalue weighted by Gasteiger charge is 2.22. The molecule has 1 aromatic heterocycles. The zero-order valence-electron chi connectivity index (χ0n) is 18.2. The molecule has 0 spiro atoms. The number of benzene rings is 2. The summed E-state index contributed by atoms with van der Waals surface area (Å²) in [6, 6.07) is 17.0. The fraction of sp³-hybridized carbons (Fsp3) is 0.304. The normalized spacial score (nSPS) is 12.0. The molecule has 0 aliphatic heterocycles. The molecule has 3 rings (SSSR count). The lowest BCUT2D eigenvalue weighted by Crippen LogP contribution is -2.35. The van der Waals surface area contributed by atoms with Crippen molar-refractivity contribution in [1.29, 1.82) is 0 Å². The topological polar surface area (TPSA) is 93.3 Å². The summed E-state index contributed by atoms with van der Waals surface area (Å²) in [5.41, 5.74) is 3.47. The second-order valence-electron chi connectivity index (χ2n) is 7.83. The van der Waals surface area contributed by atoms with Gasteiger partial charge in [-0.2, -0.15) is 5.10 Å². The number of nitrogens with one attached hydrogen (secondary N) is 1. The molecule has 0 bridgehead atoms. The van der Waals surface area contributed by atoms with Crippen LogP contribution in [0.25, 0.3) is 0 Å². The van der Waals surface area contributed by atoms with Gasteiger partial charge in [-0.1, -0.05) is 42.5 Å². The van der Waals surface area contributed by atoms with Crippen LogP contribution >= 0.6 is 0 Å². The van der Waals surface area contributed by atoms with Gasteiger partial charge in [0.2, 0.25) is 0 Å². The SMILES string of the molecule is Cc1nn(Cc2ccc(C(=O)N[C@H](CN(C)C)c3ccccc3)cc2)c(C)c1[N+](=O)[O-]. The van der Waals surface area contributed by atoms with E-state index in [9.17, 15) is 14.9 Å². The van der Waals surface area contributed by atoms with Crippen LogP contribution in [0.2, 0.25) is 0 Å². The number of carbonyl (C=O) groups excluding carboxylic acids is 1. The Morgan fingerprint density at radius 2 is 1.77 bits per heavy atom. The number of aromatic nitrogens is 2. The molecule has 8 nitrogen and oxygen atoms in total. The predicted molar refractivity (Wildman–Crippen MR) is 119 cm³/mol. The Morgan fingerprint density at radius 3 is 2.32 bits per heavy atom. The first-order valence-electron chi connectivity index (χ1n) is 10.0. The van der Waals surface area contributed by atoms with E-state index in [0.29, 0.717) is 30.0 Å². The standard InChI is InChI=1S/C23H27N5O3/c1-16-22(28(30)31)17(2)27(25-16)14-18-10-12-20(13-11-18)23(29)24-21(15-26(3)4)19-8-6-5-7-9-19/h5-13,21H,14-15H2,1-4H3,(H,24,29)/t21-/m1/s1. The summed E-state index contributed by atoms with van der Waals surface area (Å²) < 4.78 is 1.62. The van der Waals surface area contributed by atoms with Crippen molar-refractivity contribution in [2.45, 2.75) is 26.4 Å². The number of nitro groups is 1. The van der Waals surface area contributed by atoms with E-state index in [1.54, 1.807) is 30.7 Å². The van der Waals surface area contributed by atoms with E-state index in [4.69, 9.17) is 0 Å². The third-order valence-corrected chi connectivity index (χ3v) is 5.13. The van der Waals surface area contributed by atoms with Crippen molar-refractivity contribution >= 4 is 11.6 Å². The number of amides is 1. The van der Waals surface area contributed by atoms with Crippen molar-refractivity contribution in [2.75, 3.05) is 20.6 Å². The molecule has 31 heavy (non-hydrogen) atoms. The molecule has 1 heterocycles. The van der Waals surface area contributed by atoms with Gasteiger partial charge in [-0.3, -0.25) is 19.6 Å². The molecule has 0 aliphatic carbocycles. The molecule has 1 amide bonds. The van der Waals surface area contributed by atoms with E-state index < -0.39 is 4.92 Å². The van der Waals surface area contributed by atoms with Crippen LogP contribution in [0.3, 0.4) is 0 Å². The highest BCUT2D eigenvalue weighted by Crippen LogP contribution is 2.22. The molecule has 0 saturated heterocycles. The second kappa shape index (κ2) is 9.53. The Morgan fingerprint density at radius 1 is 1.13 bits per heavy atom. The molecular weight excluding hydrogens is 394 g/mol. The fourth-order valence-electron chi connectivity index (χ4n) is 3.57. The summed E-state index contributed by atoms with van der Waals surface area (Å²) in [6.07, 6.45) is 0. The minimum absolute atomic E-state index is 0.0452. The number of carbonyl (C=O) groups is 1. The number of rotatable bonds is 8. The van der Waals surface area contributed by atoms with Crippen LogP contribution in [0, 0.1) is 24.0 Å². The van der Waals surface area contributed by atoms with Crippen molar-refractivity contribution in [1.82, 2.24) is 20.0 Å². The van der Waals surface area contributed by atoms with Gasteiger partial charge in [0.15, 0.2) is 0 Å². The summed E-state index contributed by atoms with van der Waals surface area (Å²) in [6.45, 7) is 4.40. The summed E-state index contributed by atoms with van der Waals surface area (Å²) in [5, 5.41) is 18.6. The van der Waals surface area contributed by atoms with Crippen molar-refractivity contribution in [3.63, 3.8) is 0 Å². The maximum Gasteiger partial charge on any atom is 0.312 e. The van der Waals surface area contributed by atoms with Crippen LogP contribution in [0.15, 0.2) is 54.6 Å². The molecule has 3 aromatic rings. The molecule has 8 heteroatoms. The van der Waals surface area contributed by atoms with Crippen LogP contribution < -0.4 is 5.32 Å². The molecule has 0 fully saturated rings. The molecule has 0 aliphatic rings. The van der Waals surface area contributed by atoms with E-state index in [1.165, 1.54) is 0 Å². The summed E-state index contributed by atoms with van der Waals surface area (Å²) in [5.74, 6) is -0.149. The van der Waals surface area contributed by atoms with E-state index in [1.807, 2.05) is 61.5 Å². The fourth-order valence-corrected chi connectivity index (χ4v) is 3.57. The molecule has 1 N–H and O–H groups in total. The van der Waals surface area contributed by atoms with Gasteiger partial charge in [0.25, 0.3) is 5.91 Å². The summed E-state index contributed by atoms with van der Waals surface area (Å²) >= 11 is 0. The number of likely N-dealkylation sites (N-methyl/N-ethyl adjacent to an activating group) is 1. The smallest absolute Gasteiger partial charge is 0.312 e. The molecule has 0 saturated carbocycles. The zero-order chi connectivity index (χ0) is 22.5. The van der Waals surface area contributed by atoms with E-state index in [-0.39, 0.29) is 17.6 Å². The lowest BCUT2D eigenvalue weighted by molar-refractivity contribution is -0.386. The Hall–Kier alpha value is -3.52. The van der Waals surface area contributed by atoms with Crippen LogP contribution in [-0.2, 0) is 6.54 Å². The minimum atomic E-state index is -0.404. The van der Waals surface area contributed by atoms with Crippen LogP contribution in [0.5, 0.6) is 0 Å². The van der Waals surface area contributed by atoms with Gasteiger partial charge in [0.1, 0.15) is 11.4 Å². The minimum Gasteiger partial charge on any atom is -0.344 e. The van der Waals surface area contributed by atoms with Gasteiger partial charge in [0.05, 0.1) is 17.5 Å². The van der Waals surface area contributed by atoms with Crippen LogP contribution in [-0.4, -0.2) is 46.2 Å². The lowest BCUT2D eigenvalue weighted by Gasteiger charge is -2.23. The molecule has 162 valence electrons. The Bertz CT molecular complexity index is 1060. The highest BCUT2D eigenvalue weighted by atomic mass is 16.6. The highest BCUT2D eigenvalue weighted by molar-refractivity contribution is 5.94. The quantitative estimate of drug-likeness (QED) is 0.444. The van der Waals surface area contributed by atoms with Crippen molar-refractivity contribution in [3.05, 3.63) is 92.8 Å². The van der Waals surface area contributed by atoms with Gasteiger partial charge < -0.3 is 10.2 Å². The van der Waals surface area contributed by atoms with Gasteiger partial charge in [0, 0.05) is 12.1 Å².